The van der Waals surface area contributed by atoms with E-state index in [-0.39, 0.29) is 10.9 Å². The molecule has 0 fully saturated rings. The van der Waals surface area contributed by atoms with Crippen molar-refractivity contribution in [2.24, 2.45) is 0 Å². The Morgan fingerprint density at radius 3 is 2.65 bits per heavy atom. The molecule has 0 aliphatic rings. The van der Waals surface area contributed by atoms with Crippen molar-refractivity contribution in [3.63, 3.8) is 0 Å². The maximum Gasteiger partial charge on any atom is 0.226 e. The predicted octanol–water partition coefficient (Wildman–Crippen LogP) is 1.51. The second kappa shape index (κ2) is 4.61. The molecular weight excluding hydrogens is 276 g/mol. The fraction of sp³-hybridized carbons (Fsp3) is 0.0769. The van der Waals surface area contributed by atoms with Gasteiger partial charge in [0.1, 0.15) is 0 Å². The zero-order valence-corrected chi connectivity index (χ0v) is 11.3. The number of nitrogen functional groups attached to an aromatic ring is 1. The van der Waals surface area contributed by atoms with E-state index in [0.29, 0.717) is 22.3 Å². The summed E-state index contributed by atoms with van der Waals surface area (Å²) in [6, 6.07) is 8.36. The molecule has 1 aromatic carbocycles. The van der Waals surface area contributed by atoms with Crippen molar-refractivity contribution in [3.05, 3.63) is 48.3 Å². The van der Waals surface area contributed by atoms with E-state index in [1.807, 2.05) is 0 Å². The number of H-pyrrole nitrogens is 1. The van der Waals surface area contributed by atoms with Crippen molar-refractivity contribution in [1.29, 1.82) is 0 Å². The Balaban J connectivity index is 2.01. The minimum absolute atomic E-state index is 0.0464. The Labute approximate surface area is 115 Å². The van der Waals surface area contributed by atoms with Gasteiger partial charge in [-0.3, -0.25) is 4.98 Å². The van der Waals surface area contributed by atoms with Crippen molar-refractivity contribution in [1.82, 2.24) is 15.0 Å². The van der Waals surface area contributed by atoms with E-state index in [4.69, 9.17) is 5.73 Å². The summed E-state index contributed by atoms with van der Waals surface area (Å²) in [5.74, 6) is -0.120. The molecule has 20 heavy (non-hydrogen) atoms. The summed E-state index contributed by atoms with van der Waals surface area (Å²) in [5, 5.41) is -0.0464. The van der Waals surface area contributed by atoms with Crippen LogP contribution in [0.1, 0.15) is 5.56 Å². The van der Waals surface area contributed by atoms with E-state index >= 15 is 0 Å². The number of aromatic amines is 1. The van der Waals surface area contributed by atoms with Crippen molar-refractivity contribution in [3.8, 4) is 0 Å². The largest absolute Gasteiger partial charge is 0.399 e. The number of rotatable bonds is 3. The third-order valence-corrected chi connectivity index (χ3v) is 4.38. The molecule has 0 aliphatic heterocycles. The SMILES string of the molecule is Nc1ccc2nc(S(=O)(=O)Cc3ccncc3)[nH]c2c1. The van der Waals surface area contributed by atoms with Crippen LogP contribution >= 0.6 is 0 Å². The number of imidazole rings is 1. The molecule has 3 rings (SSSR count). The van der Waals surface area contributed by atoms with Crippen LogP contribution in [0.2, 0.25) is 0 Å². The topological polar surface area (TPSA) is 102 Å². The highest BCUT2D eigenvalue weighted by Gasteiger charge is 2.19. The number of aromatic nitrogens is 3. The molecule has 0 amide bonds. The number of sulfone groups is 1. The Morgan fingerprint density at radius 2 is 1.90 bits per heavy atom. The minimum atomic E-state index is -3.52. The lowest BCUT2D eigenvalue weighted by molar-refractivity contribution is 0.588. The number of anilines is 1. The molecule has 0 bridgehead atoms. The summed E-state index contributed by atoms with van der Waals surface area (Å²) in [6.45, 7) is 0. The lowest BCUT2D eigenvalue weighted by Crippen LogP contribution is -2.06. The first-order valence-electron chi connectivity index (χ1n) is 5.91. The fourth-order valence-corrected chi connectivity index (χ4v) is 3.19. The van der Waals surface area contributed by atoms with E-state index in [9.17, 15) is 8.42 Å². The molecule has 2 heterocycles. The summed E-state index contributed by atoms with van der Waals surface area (Å²) >= 11 is 0. The molecular formula is C13H12N4O2S. The van der Waals surface area contributed by atoms with Gasteiger partial charge in [0.05, 0.1) is 16.8 Å². The minimum Gasteiger partial charge on any atom is -0.399 e. The molecule has 0 atom stereocenters. The van der Waals surface area contributed by atoms with Gasteiger partial charge in [-0.05, 0) is 35.9 Å². The average molecular weight is 288 g/mol. The molecule has 7 heteroatoms. The van der Waals surface area contributed by atoms with Gasteiger partial charge in [-0.2, -0.15) is 0 Å². The maximum atomic E-state index is 12.3. The van der Waals surface area contributed by atoms with Gasteiger partial charge in [0, 0.05) is 18.1 Å². The average Bonchev–Trinajstić information content (AvgIpc) is 2.83. The number of nitrogens with two attached hydrogens (primary N) is 1. The normalized spacial score (nSPS) is 11.8. The van der Waals surface area contributed by atoms with Crippen LogP contribution in [0.5, 0.6) is 0 Å². The molecule has 102 valence electrons. The lowest BCUT2D eigenvalue weighted by atomic mass is 10.3. The molecule has 0 radical (unpaired) electrons. The quantitative estimate of drug-likeness (QED) is 0.711. The molecule has 0 spiro atoms. The number of fused-ring (bicyclic) bond motifs is 1. The first-order valence-corrected chi connectivity index (χ1v) is 7.57. The summed E-state index contributed by atoms with van der Waals surface area (Å²) in [7, 11) is -3.52. The Hall–Kier alpha value is -2.41. The Bertz CT molecular complexity index is 856. The van der Waals surface area contributed by atoms with Crippen LogP contribution < -0.4 is 5.73 Å². The van der Waals surface area contributed by atoms with Crippen molar-refractivity contribution in [2.75, 3.05) is 5.73 Å². The van der Waals surface area contributed by atoms with Gasteiger partial charge >= 0.3 is 0 Å². The van der Waals surface area contributed by atoms with E-state index in [0.717, 1.165) is 0 Å². The molecule has 3 aromatic rings. The van der Waals surface area contributed by atoms with Crippen molar-refractivity contribution in [2.45, 2.75) is 10.9 Å². The standard InChI is InChI=1S/C13H12N4O2S/c14-10-1-2-11-12(7-10)17-13(16-11)20(18,19)8-9-3-5-15-6-4-9/h1-7H,8,14H2,(H,16,17). The number of nitrogens with one attached hydrogen (secondary N) is 1. The molecule has 3 N–H and O–H groups in total. The van der Waals surface area contributed by atoms with Crippen LogP contribution in [0.25, 0.3) is 11.0 Å². The maximum absolute atomic E-state index is 12.3. The van der Waals surface area contributed by atoms with Gasteiger partial charge in [-0.15, -0.1) is 0 Å². The van der Waals surface area contributed by atoms with Gasteiger partial charge < -0.3 is 10.7 Å². The predicted molar refractivity (Wildman–Crippen MR) is 75.6 cm³/mol. The van der Waals surface area contributed by atoms with Crippen LogP contribution in [0.15, 0.2) is 47.9 Å². The summed E-state index contributed by atoms with van der Waals surface area (Å²) in [6.07, 6.45) is 3.12. The number of benzene rings is 1. The second-order valence-corrected chi connectivity index (χ2v) is 6.34. The molecule has 0 saturated heterocycles. The van der Waals surface area contributed by atoms with E-state index in [2.05, 4.69) is 15.0 Å². The van der Waals surface area contributed by atoms with Crippen LogP contribution in [0.3, 0.4) is 0 Å². The lowest BCUT2D eigenvalue weighted by Gasteiger charge is -2.00. The number of hydrogen-bond donors (Lipinski definition) is 2. The first kappa shape index (κ1) is 12.6. The van der Waals surface area contributed by atoms with E-state index in [1.54, 1.807) is 42.7 Å². The highest BCUT2D eigenvalue weighted by atomic mass is 32.2. The zero-order valence-electron chi connectivity index (χ0n) is 10.4. The van der Waals surface area contributed by atoms with Crippen molar-refractivity contribution >= 4 is 26.6 Å². The monoisotopic (exact) mass is 288 g/mol. The number of nitrogens with zero attached hydrogens (tertiary/aromatic N) is 2. The fourth-order valence-electron chi connectivity index (χ4n) is 1.92. The highest BCUT2D eigenvalue weighted by molar-refractivity contribution is 7.90. The van der Waals surface area contributed by atoms with Gasteiger partial charge in [0.15, 0.2) is 0 Å². The summed E-state index contributed by atoms with van der Waals surface area (Å²) in [5.41, 5.74) is 8.07. The van der Waals surface area contributed by atoms with Gasteiger partial charge in [0.2, 0.25) is 15.0 Å². The van der Waals surface area contributed by atoms with Crippen LogP contribution in [-0.2, 0) is 15.6 Å². The summed E-state index contributed by atoms with van der Waals surface area (Å²) < 4.78 is 24.6. The van der Waals surface area contributed by atoms with Crippen LogP contribution in [0, 0.1) is 0 Å². The zero-order chi connectivity index (χ0) is 14.2. The van der Waals surface area contributed by atoms with Gasteiger partial charge in [-0.25, -0.2) is 13.4 Å². The second-order valence-electron chi connectivity index (χ2n) is 4.43. The molecule has 2 aromatic heterocycles. The number of hydrogen-bond acceptors (Lipinski definition) is 5. The summed E-state index contributed by atoms with van der Waals surface area (Å²) in [4.78, 5) is 10.8. The molecule has 6 nitrogen and oxygen atoms in total. The third-order valence-electron chi connectivity index (χ3n) is 2.88. The van der Waals surface area contributed by atoms with Gasteiger partial charge in [0.25, 0.3) is 0 Å². The molecule has 0 unspecified atom stereocenters. The smallest absolute Gasteiger partial charge is 0.226 e. The Morgan fingerprint density at radius 1 is 1.15 bits per heavy atom. The van der Waals surface area contributed by atoms with Crippen LogP contribution in [-0.4, -0.2) is 23.4 Å². The third kappa shape index (κ3) is 2.35. The van der Waals surface area contributed by atoms with Gasteiger partial charge in [-0.1, -0.05) is 0 Å². The van der Waals surface area contributed by atoms with E-state index < -0.39 is 9.84 Å². The van der Waals surface area contributed by atoms with Crippen LogP contribution in [0.4, 0.5) is 5.69 Å². The molecule has 0 saturated carbocycles. The first-order chi connectivity index (χ1) is 9.54. The van der Waals surface area contributed by atoms with E-state index in [1.165, 1.54) is 0 Å². The highest BCUT2D eigenvalue weighted by Crippen LogP contribution is 2.19. The molecule has 0 aliphatic carbocycles. The Kier molecular flexibility index (Phi) is 2.90. The van der Waals surface area contributed by atoms with Crippen molar-refractivity contribution < 1.29 is 8.42 Å². The number of pyridine rings is 1.